The number of rotatable bonds is 3. The number of hydrogen-bond donors (Lipinski definition) is 1. The molecule has 0 atom stereocenters. The van der Waals surface area contributed by atoms with Crippen LogP contribution < -0.4 is 5.32 Å². The van der Waals surface area contributed by atoms with E-state index in [-0.39, 0.29) is 15.7 Å². The van der Waals surface area contributed by atoms with Crippen molar-refractivity contribution in [1.29, 1.82) is 5.26 Å². The van der Waals surface area contributed by atoms with Crippen molar-refractivity contribution in [2.75, 3.05) is 11.9 Å². The Balaban J connectivity index is 2.93. The molecule has 1 aromatic carbocycles. The summed E-state index contributed by atoms with van der Waals surface area (Å²) in [5.74, 6) is -0.741. The third-order valence-corrected chi connectivity index (χ3v) is 2.42. The van der Waals surface area contributed by atoms with Crippen molar-refractivity contribution in [3.8, 4) is 6.07 Å². The van der Waals surface area contributed by atoms with Crippen molar-refractivity contribution in [2.24, 2.45) is 0 Å². The first-order valence-corrected chi connectivity index (χ1v) is 4.75. The molecule has 1 rings (SSSR count). The molecule has 6 heteroatoms. The van der Waals surface area contributed by atoms with Gasteiger partial charge in [0.2, 0.25) is 0 Å². The second kappa shape index (κ2) is 5.03. The van der Waals surface area contributed by atoms with Gasteiger partial charge in [-0.05, 0) is 28.1 Å². The Kier molecular flexibility index (Phi) is 3.97. The summed E-state index contributed by atoms with van der Waals surface area (Å²) in [5, 5.41) is 10.8. The Hall–Kier alpha value is -1.22. The summed E-state index contributed by atoms with van der Waals surface area (Å²) in [6.07, 6.45) is -2.56. The van der Waals surface area contributed by atoms with Crippen LogP contribution in [-0.2, 0) is 0 Å². The maximum absolute atomic E-state index is 13.4. The first-order valence-electron chi connectivity index (χ1n) is 3.96. The molecule has 80 valence electrons. The average Bonchev–Trinajstić information content (AvgIpc) is 2.20. The quantitative estimate of drug-likeness (QED) is 0.922. The summed E-state index contributed by atoms with van der Waals surface area (Å²) in [5.41, 5.74) is 0.0660. The lowest BCUT2D eigenvalue weighted by Gasteiger charge is -2.08. The van der Waals surface area contributed by atoms with Crippen LogP contribution in [0.15, 0.2) is 16.6 Å². The molecule has 1 aromatic rings. The molecule has 0 spiro atoms. The van der Waals surface area contributed by atoms with Gasteiger partial charge in [-0.3, -0.25) is 0 Å². The van der Waals surface area contributed by atoms with Crippen LogP contribution in [0.1, 0.15) is 5.56 Å². The summed E-state index contributed by atoms with van der Waals surface area (Å²) >= 11 is 2.87. The van der Waals surface area contributed by atoms with Gasteiger partial charge in [-0.2, -0.15) is 5.26 Å². The second-order valence-electron chi connectivity index (χ2n) is 2.67. The predicted molar refractivity (Wildman–Crippen MR) is 53.3 cm³/mol. The van der Waals surface area contributed by atoms with E-state index in [9.17, 15) is 13.2 Å². The first kappa shape index (κ1) is 11.9. The molecule has 0 saturated carbocycles. The van der Waals surface area contributed by atoms with E-state index in [1.165, 1.54) is 12.1 Å². The van der Waals surface area contributed by atoms with Crippen LogP contribution in [0.5, 0.6) is 0 Å². The van der Waals surface area contributed by atoms with Crippen LogP contribution in [0.2, 0.25) is 0 Å². The highest BCUT2D eigenvalue weighted by molar-refractivity contribution is 9.10. The molecule has 0 heterocycles. The maximum atomic E-state index is 13.4. The zero-order chi connectivity index (χ0) is 11.4. The smallest absolute Gasteiger partial charge is 0.255 e. The van der Waals surface area contributed by atoms with Crippen LogP contribution in [0.4, 0.5) is 18.9 Å². The van der Waals surface area contributed by atoms with Gasteiger partial charge in [0.1, 0.15) is 6.07 Å². The number of nitrogens with zero attached hydrogens (tertiary/aromatic N) is 1. The van der Waals surface area contributed by atoms with Crippen LogP contribution >= 0.6 is 15.9 Å². The SMILES string of the molecule is N#Cc1ccc(NCC(F)F)c(F)c1Br. The summed E-state index contributed by atoms with van der Waals surface area (Å²) in [7, 11) is 0. The Morgan fingerprint density at radius 2 is 2.13 bits per heavy atom. The zero-order valence-corrected chi connectivity index (χ0v) is 8.98. The zero-order valence-electron chi connectivity index (χ0n) is 7.40. The van der Waals surface area contributed by atoms with E-state index in [1.54, 1.807) is 6.07 Å². The molecular formula is C9H6BrF3N2. The van der Waals surface area contributed by atoms with Gasteiger partial charge < -0.3 is 5.32 Å². The molecule has 0 aromatic heterocycles. The molecule has 0 unspecified atom stereocenters. The van der Waals surface area contributed by atoms with Gasteiger partial charge in [0.15, 0.2) is 5.82 Å². The molecule has 0 fully saturated rings. The largest absolute Gasteiger partial charge is 0.377 e. The van der Waals surface area contributed by atoms with Crippen molar-refractivity contribution >= 4 is 21.6 Å². The molecule has 1 N–H and O–H groups in total. The number of halogens is 4. The lowest BCUT2D eigenvalue weighted by atomic mass is 10.2. The fourth-order valence-corrected chi connectivity index (χ4v) is 1.39. The molecular weight excluding hydrogens is 273 g/mol. The monoisotopic (exact) mass is 278 g/mol. The molecule has 15 heavy (non-hydrogen) atoms. The fraction of sp³-hybridized carbons (Fsp3) is 0.222. The summed E-state index contributed by atoms with van der Waals surface area (Å²) in [6, 6.07) is 4.36. The number of anilines is 1. The van der Waals surface area contributed by atoms with Crippen molar-refractivity contribution in [2.45, 2.75) is 6.43 Å². The van der Waals surface area contributed by atoms with E-state index in [4.69, 9.17) is 5.26 Å². The third kappa shape index (κ3) is 2.86. The molecule has 0 aliphatic heterocycles. The highest BCUT2D eigenvalue weighted by atomic mass is 79.9. The number of hydrogen-bond acceptors (Lipinski definition) is 2. The maximum Gasteiger partial charge on any atom is 0.255 e. The molecule has 0 amide bonds. The Morgan fingerprint density at radius 3 is 2.67 bits per heavy atom. The number of nitriles is 1. The topological polar surface area (TPSA) is 35.8 Å². The van der Waals surface area contributed by atoms with Gasteiger partial charge in [-0.1, -0.05) is 0 Å². The standard InChI is InChI=1S/C9H6BrF3N2/c10-8-5(3-14)1-2-6(9(8)13)15-4-7(11)12/h1-2,7,15H,4H2. The van der Waals surface area contributed by atoms with E-state index in [2.05, 4.69) is 21.2 Å². The van der Waals surface area contributed by atoms with Crippen LogP contribution in [0.3, 0.4) is 0 Å². The molecule has 0 aliphatic rings. The Bertz CT molecular complexity index is 401. The highest BCUT2D eigenvalue weighted by Crippen LogP contribution is 2.26. The third-order valence-electron chi connectivity index (χ3n) is 1.65. The van der Waals surface area contributed by atoms with E-state index >= 15 is 0 Å². The fourth-order valence-electron chi connectivity index (χ4n) is 0.959. The van der Waals surface area contributed by atoms with Crippen LogP contribution in [0.25, 0.3) is 0 Å². The minimum absolute atomic E-state index is 0.0238. The summed E-state index contributed by atoms with van der Waals surface area (Å²) in [4.78, 5) is 0. The van der Waals surface area contributed by atoms with Gasteiger partial charge in [0, 0.05) is 0 Å². The number of alkyl halides is 2. The van der Waals surface area contributed by atoms with Gasteiger partial charge in [0.25, 0.3) is 6.43 Å². The number of benzene rings is 1. The molecule has 0 saturated heterocycles. The van der Waals surface area contributed by atoms with Gasteiger partial charge >= 0.3 is 0 Å². The Labute approximate surface area is 92.8 Å². The van der Waals surface area contributed by atoms with Crippen molar-refractivity contribution in [3.63, 3.8) is 0 Å². The van der Waals surface area contributed by atoms with Crippen molar-refractivity contribution in [1.82, 2.24) is 0 Å². The Morgan fingerprint density at radius 1 is 1.47 bits per heavy atom. The highest BCUT2D eigenvalue weighted by Gasteiger charge is 2.11. The van der Waals surface area contributed by atoms with E-state index in [1.807, 2.05) is 0 Å². The summed E-state index contributed by atoms with van der Waals surface area (Å²) < 4.78 is 37.1. The molecule has 0 bridgehead atoms. The van der Waals surface area contributed by atoms with E-state index < -0.39 is 18.8 Å². The van der Waals surface area contributed by atoms with Gasteiger partial charge in [0.05, 0.1) is 22.3 Å². The van der Waals surface area contributed by atoms with Crippen molar-refractivity contribution < 1.29 is 13.2 Å². The molecule has 2 nitrogen and oxygen atoms in total. The van der Waals surface area contributed by atoms with Crippen molar-refractivity contribution in [3.05, 3.63) is 28.0 Å². The summed E-state index contributed by atoms with van der Waals surface area (Å²) in [6.45, 7) is -0.630. The van der Waals surface area contributed by atoms with E-state index in [0.29, 0.717) is 0 Å². The second-order valence-corrected chi connectivity index (χ2v) is 3.47. The molecule has 0 radical (unpaired) electrons. The predicted octanol–water partition coefficient (Wildman–Crippen LogP) is 3.14. The first-order chi connectivity index (χ1) is 7.06. The minimum Gasteiger partial charge on any atom is -0.377 e. The van der Waals surface area contributed by atoms with Crippen LogP contribution in [0, 0.1) is 17.1 Å². The normalized spacial score (nSPS) is 10.1. The molecule has 0 aliphatic carbocycles. The minimum atomic E-state index is -2.56. The van der Waals surface area contributed by atoms with Gasteiger partial charge in [-0.15, -0.1) is 0 Å². The lowest BCUT2D eigenvalue weighted by Crippen LogP contribution is -2.11. The van der Waals surface area contributed by atoms with E-state index in [0.717, 1.165) is 0 Å². The van der Waals surface area contributed by atoms with Crippen LogP contribution in [-0.4, -0.2) is 13.0 Å². The average molecular weight is 279 g/mol. The van der Waals surface area contributed by atoms with Gasteiger partial charge in [-0.25, -0.2) is 13.2 Å². The number of nitrogens with one attached hydrogen (secondary N) is 1. The lowest BCUT2D eigenvalue weighted by molar-refractivity contribution is 0.163.